The van der Waals surface area contributed by atoms with Crippen molar-refractivity contribution in [2.24, 2.45) is 11.7 Å². The first-order valence-corrected chi connectivity index (χ1v) is 37.6. The van der Waals surface area contributed by atoms with E-state index in [2.05, 4.69) is 69.1 Å². The van der Waals surface area contributed by atoms with Gasteiger partial charge in [0.2, 0.25) is 94.5 Å². The normalized spacial score (nSPS) is 18.2. The number of nitrogens with two attached hydrogens (primary N) is 1. The van der Waals surface area contributed by atoms with E-state index in [-0.39, 0.29) is 57.4 Å². The fourth-order valence-electron chi connectivity index (χ4n) is 12.3. The fourth-order valence-corrected chi connectivity index (χ4v) is 12.3. The van der Waals surface area contributed by atoms with Crippen LogP contribution in [0.25, 0.3) is 0 Å². The van der Waals surface area contributed by atoms with Crippen molar-refractivity contribution >= 4 is 94.5 Å². The lowest BCUT2D eigenvalue weighted by Crippen LogP contribution is -2.68. The molecule has 2 aromatic carbocycles. The highest BCUT2D eigenvalue weighted by Crippen LogP contribution is 2.28. The largest absolute Gasteiger partial charge is 0.394 e. The van der Waals surface area contributed by atoms with Crippen molar-refractivity contribution in [1.29, 1.82) is 0 Å². The van der Waals surface area contributed by atoms with E-state index in [1.807, 2.05) is 18.2 Å². The molecule has 2 saturated heterocycles. The van der Waals surface area contributed by atoms with Crippen LogP contribution in [0.4, 0.5) is 0 Å². The maximum atomic E-state index is 14.7. The number of benzene rings is 2. The van der Waals surface area contributed by atoms with Crippen LogP contribution in [0.5, 0.6) is 0 Å². The smallest absolute Gasteiger partial charge is 0.248 e. The summed E-state index contributed by atoms with van der Waals surface area (Å²) in [7, 11) is 0. The zero-order valence-electron chi connectivity index (χ0n) is 68.0. The second kappa shape index (κ2) is 38.9. The van der Waals surface area contributed by atoms with E-state index < -0.39 is 220 Å². The maximum absolute atomic E-state index is 14.7. The van der Waals surface area contributed by atoms with Crippen molar-refractivity contribution in [1.82, 2.24) is 78.9 Å². The maximum Gasteiger partial charge on any atom is 0.248 e. The number of aliphatic hydroxyl groups is 3. The molecule has 1 unspecified atom stereocenters. The number of carbonyl (C=O) groups is 16. The molecule has 0 radical (unpaired) electrons. The van der Waals surface area contributed by atoms with E-state index in [9.17, 15) is 92.0 Å². The number of nitrogens with zero attached hydrogens (tertiary/aromatic N) is 2. The monoisotopic (exact) mass is 1570 g/mol. The van der Waals surface area contributed by atoms with Crippen LogP contribution < -0.4 is 74.9 Å². The lowest BCUT2D eigenvalue weighted by atomic mass is 9.93. The van der Waals surface area contributed by atoms with E-state index in [1.54, 1.807) is 70.2 Å². The molecule has 0 saturated carbocycles. The highest BCUT2D eigenvalue weighted by molar-refractivity contribution is 6.03. The number of hydrogen-bond donors (Lipinski definition) is 17. The Labute approximate surface area is 654 Å². The van der Waals surface area contributed by atoms with Crippen molar-refractivity contribution in [2.75, 3.05) is 26.2 Å². The van der Waals surface area contributed by atoms with Crippen molar-refractivity contribution in [3.05, 3.63) is 71.8 Å². The van der Waals surface area contributed by atoms with E-state index in [0.717, 1.165) is 20.9 Å². The summed E-state index contributed by atoms with van der Waals surface area (Å²) in [6, 6.07) is 10.4. The molecule has 0 bridgehead atoms. The molecule has 35 nitrogen and oxygen atoms in total. The van der Waals surface area contributed by atoms with Gasteiger partial charge in [-0.1, -0.05) is 88.4 Å². The SMILES string of the molecule is CC[C@@](C)(NC(=O)[C@H](CC(C)C)NC(=O)CNC(=O)C(C)(C)NC(=O)C(C)(C)NC(=O)C(C)(C)NC(=O)C(C)(C)NC(=O)[C@H](Cc1ccccc1)NC(C)=O)C(=O)NC(C)(C)C(=O)N1C[C@H](O)C[C@H]1C(=O)NC(CCC(N)=O)C(=O)N[C@](C)(CC)C(=O)N1C[C@H](O)C[C@H]1C(=O)NC(C)(C)C(=O)N[C@H](CO)Cc1ccccc1. The lowest BCUT2D eigenvalue weighted by molar-refractivity contribution is -0.147. The molecule has 2 aromatic rings. The quantitative estimate of drug-likeness (QED) is 0.0335. The van der Waals surface area contributed by atoms with Crippen LogP contribution in [0.3, 0.4) is 0 Å². The summed E-state index contributed by atoms with van der Waals surface area (Å²) >= 11 is 0. The fraction of sp³-hybridized carbons (Fsp3) is 0.636. The number of carbonyl (C=O) groups excluding carboxylic acids is 16. The van der Waals surface area contributed by atoms with Crippen LogP contribution in [0.2, 0.25) is 0 Å². The summed E-state index contributed by atoms with van der Waals surface area (Å²) in [5.74, 6) is -13.4. The molecule has 0 aromatic heterocycles. The molecule has 16 amide bonds. The van der Waals surface area contributed by atoms with Crippen molar-refractivity contribution in [3.63, 3.8) is 0 Å². The highest BCUT2D eigenvalue weighted by Gasteiger charge is 2.51. The number of rotatable bonds is 39. The van der Waals surface area contributed by atoms with Gasteiger partial charge in [-0.15, -0.1) is 0 Å². The molecule has 0 spiro atoms. The molecule has 35 heteroatoms. The topological polar surface area (TPSA) is 523 Å². The number of likely N-dealkylation sites (tertiary alicyclic amines) is 2. The summed E-state index contributed by atoms with van der Waals surface area (Å²) < 4.78 is 0. The van der Waals surface area contributed by atoms with Gasteiger partial charge in [0.05, 0.1) is 31.4 Å². The number of nitrogens with one attached hydrogen (secondary N) is 13. The number of hydrogen-bond acceptors (Lipinski definition) is 19. The molecule has 112 heavy (non-hydrogen) atoms. The van der Waals surface area contributed by atoms with Crippen LogP contribution in [0.1, 0.15) is 188 Å². The minimum absolute atomic E-state index is 0.0168. The highest BCUT2D eigenvalue weighted by atomic mass is 16.3. The Hall–Kier alpha value is -10.2. The Morgan fingerprint density at radius 3 is 1.35 bits per heavy atom. The molecular formula is C77H120N16O19. The van der Waals surface area contributed by atoms with Crippen molar-refractivity contribution in [3.8, 4) is 0 Å². The van der Waals surface area contributed by atoms with Crippen LogP contribution in [-0.2, 0) is 89.6 Å². The zero-order valence-corrected chi connectivity index (χ0v) is 68.0. The average Bonchev–Trinajstić information content (AvgIpc) is 1.52. The number of β-amino-alcohol motifs (C(OH)–C–C–N with tert-alkyl or cyclic N) is 2. The van der Waals surface area contributed by atoms with Gasteiger partial charge in [0, 0.05) is 45.7 Å². The second-order valence-electron chi connectivity index (χ2n) is 33.1. The second-order valence-corrected chi connectivity index (χ2v) is 33.1. The third kappa shape index (κ3) is 26.5. The van der Waals surface area contributed by atoms with Crippen molar-refractivity contribution < 1.29 is 92.0 Å². The summed E-state index contributed by atoms with van der Waals surface area (Å²) in [5, 5.41) is 65.9. The van der Waals surface area contributed by atoms with E-state index in [4.69, 9.17) is 5.73 Å². The first-order valence-electron chi connectivity index (χ1n) is 37.6. The van der Waals surface area contributed by atoms with Crippen LogP contribution in [0.15, 0.2) is 60.7 Å². The Kier molecular flexibility index (Phi) is 32.7. The average molecular weight is 1570 g/mol. The van der Waals surface area contributed by atoms with Crippen LogP contribution in [0, 0.1) is 5.92 Å². The first kappa shape index (κ1) is 94.2. The number of amides is 16. The van der Waals surface area contributed by atoms with E-state index >= 15 is 0 Å². The zero-order chi connectivity index (χ0) is 85.2. The molecule has 4 rings (SSSR count). The van der Waals surface area contributed by atoms with Crippen LogP contribution >= 0.6 is 0 Å². The summed E-state index contributed by atoms with van der Waals surface area (Å²) in [6.45, 7) is 25.0. The van der Waals surface area contributed by atoms with Crippen molar-refractivity contribution in [2.45, 2.75) is 282 Å². The molecule has 2 aliphatic rings. The number of primary amides is 1. The molecule has 18 N–H and O–H groups in total. The summed E-state index contributed by atoms with van der Waals surface area (Å²) in [4.78, 5) is 223. The van der Waals surface area contributed by atoms with E-state index in [1.165, 1.54) is 104 Å². The summed E-state index contributed by atoms with van der Waals surface area (Å²) in [6.07, 6.45) is -3.83. The van der Waals surface area contributed by atoms with Gasteiger partial charge in [0.1, 0.15) is 74.5 Å². The third-order valence-electron chi connectivity index (χ3n) is 19.8. The van der Waals surface area contributed by atoms with Gasteiger partial charge in [-0.3, -0.25) is 76.7 Å². The molecular weight excluding hydrogens is 1450 g/mol. The number of aliphatic hydroxyl groups excluding tert-OH is 3. The summed E-state index contributed by atoms with van der Waals surface area (Å²) in [5.41, 5.74) is -6.90. The van der Waals surface area contributed by atoms with Crippen LogP contribution in [-0.4, -0.2) is 239 Å². The Morgan fingerprint density at radius 2 is 0.884 bits per heavy atom. The Morgan fingerprint density at radius 1 is 0.464 bits per heavy atom. The van der Waals surface area contributed by atoms with Gasteiger partial charge >= 0.3 is 0 Å². The molecule has 10 atom stereocenters. The van der Waals surface area contributed by atoms with Gasteiger partial charge in [-0.2, -0.15) is 0 Å². The molecule has 0 aliphatic carbocycles. The van der Waals surface area contributed by atoms with Gasteiger partial charge in [0.15, 0.2) is 0 Å². The van der Waals surface area contributed by atoms with Gasteiger partial charge in [0.25, 0.3) is 0 Å². The standard InChI is InChI=1S/C77H120N16O19/c1-20-76(18,86-59(102)51(34-43(3)4)82-56(99)39-79-62(105)70(6,7)88-65(108)73(12,13)90-66(109)74(14,15)89-64(107)72(10,11)84-58(101)52(80-44(5)95)36-46-30-26-23-27-31-46)67(110)91-75(16,17)68(111)92-40-48(96)37-53(92)60(103)83-50(32-33-55(78)98)57(100)87-77(19,21-2)69(112)93-41-49(97)38-54(93)61(104)85-71(8,9)63(106)81-47(42-94)35-45-28-24-22-25-29-45/h22-31,43,47-54,94,96-97H,20-21,32-42H2,1-19H3,(H2,78,98)(H,79,105)(H,80,95)(H,81,106)(H,82,99)(H,83,103)(H,84,101)(H,85,104)(H,86,102)(H,87,100)(H,88,108)(H,89,107)(H,90,109)(H,91,110)/t47-,48+,49+,50?,51-,52-,53-,54-,76+,77+/m0/s1. The predicted molar refractivity (Wildman–Crippen MR) is 411 cm³/mol. The minimum atomic E-state index is -1.90. The molecule has 622 valence electrons. The Bertz CT molecular complexity index is 3790. The third-order valence-corrected chi connectivity index (χ3v) is 19.8. The molecule has 2 heterocycles. The van der Waals surface area contributed by atoms with E-state index in [0.29, 0.717) is 0 Å². The molecule has 2 fully saturated rings. The first-order chi connectivity index (χ1) is 51.6. The van der Waals surface area contributed by atoms with Gasteiger partial charge in [-0.25, -0.2) is 0 Å². The lowest BCUT2D eigenvalue weighted by Gasteiger charge is -2.38. The molecule has 2 aliphatic heterocycles. The predicted octanol–water partition coefficient (Wildman–Crippen LogP) is -2.29. The minimum Gasteiger partial charge on any atom is -0.394 e. The Balaban J connectivity index is 1.39. The van der Waals surface area contributed by atoms with Gasteiger partial charge in [-0.05, 0) is 146 Å². The van der Waals surface area contributed by atoms with Gasteiger partial charge < -0.3 is 100.0 Å².